The van der Waals surface area contributed by atoms with E-state index in [1.165, 1.54) is 19.4 Å². The summed E-state index contributed by atoms with van der Waals surface area (Å²) < 4.78 is 0. The Kier molecular flexibility index (Phi) is 2.54. The van der Waals surface area contributed by atoms with Gasteiger partial charge in [-0.25, -0.2) is 10.8 Å². The number of hydrazine groups is 1. The first-order valence-electron chi connectivity index (χ1n) is 3.28. The van der Waals surface area contributed by atoms with Gasteiger partial charge in [0.2, 0.25) is 0 Å². The SMILES string of the molecule is CNC(=O)c1cncc(NN)n1. The van der Waals surface area contributed by atoms with Gasteiger partial charge in [-0.3, -0.25) is 9.78 Å². The average molecular weight is 167 g/mol. The average Bonchev–Trinajstić information content (AvgIpc) is 2.17. The van der Waals surface area contributed by atoms with Crippen LogP contribution in [0.25, 0.3) is 0 Å². The molecule has 0 aliphatic heterocycles. The van der Waals surface area contributed by atoms with Gasteiger partial charge in [0.1, 0.15) is 5.69 Å². The van der Waals surface area contributed by atoms with Gasteiger partial charge in [-0.15, -0.1) is 0 Å². The Morgan fingerprint density at radius 2 is 2.33 bits per heavy atom. The van der Waals surface area contributed by atoms with Crippen molar-refractivity contribution in [1.82, 2.24) is 15.3 Å². The zero-order valence-corrected chi connectivity index (χ0v) is 6.53. The fourth-order valence-corrected chi connectivity index (χ4v) is 0.673. The third-order valence-corrected chi connectivity index (χ3v) is 1.24. The summed E-state index contributed by atoms with van der Waals surface area (Å²) in [4.78, 5) is 18.6. The smallest absolute Gasteiger partial charge is 0.271 e. The molecule has 1 rings (SSSR count). The lowest BCUT2D eigenvalue weighted by atomic mass is 10.4. The number of nitrogens with one attached hydrogen (secondary N) is 2. The van der Waals surface area contributed by atoms with E-state index >= 15 is 0 Å². The minimum atomic E-state index is -0.292. The van der Waals surface area contributed by atoms with Gasteiger partial charge in [0.25, 0.3) is 5.91 Å². The monoisotopic (exact) mass is 167 g/mol. The molecule has 0 bridgehead atoms. The number of aromatic nitrogens is 2. The summed E-state index contributed by atoms with van der Waals surface area (Å²) in [7, 11) is 1.52. The summed E-state index contributed by atoms with van der Waals surface area (Å²) in [6.45, 7) is 0. The number of amides is 1. The number of nitrogens with zero attached hydrogens (tertiary/aromatic N) is 2. The third-order valence-electron chi connectivity index (χ3n) is 1.24. The Bertz CT molecular complexity index is 287. The number of nitrogen functional groups attached to an aromatic ring is 1. The summed E-state index contributed by atoms with van der Waals surface area (Å²) >= 11 is 0. The highest BCUT2D eigenvalue weighted by Crippen LogP contribution is 1.98. The summed E-state index contributed by atoms with van der Waals surface area (Å²) in [5.41, 5.74) is 2.52. The van der Waals surface area contributed by atoms with Crippen LogP contribution in [0.15, 0.2) is 12.4 Å². The first-order valence-corrected chi connectivity index (χ1v) is 3.28. The van der Waals surface area contributed by atoms with Crippen LogP contribution in [0.5, 0.6) is 0 Å². The molecule has 0 aromatic carbocycles. The molecule has 0 saturated heterocycles. The first kappa shape index (κ1) is 8.41. The van der Waals surface area contributed by atoms with E-state index in [0.717, 1.165) is 0 Å². The summed E-state index contributed by atoms with van der Waals surface area (Å²) in [5.74, 6) is 5.14. The Balaban J connectivity index is 2.93. The van der Waals surface area contributed by atoms with Gasteiger partial charge in [0, 0.05) is 7.05 Å². The molecule has 0 radical (unpaired) electrons. The van der Waals surface area contributed by atoms with Crippen LogP contribution in [0, 0.1) is 0 Å². The zero-order valence-electron chi connectivity index (χ0n) is 6.53. The molecule has 12 heavy (non-hydrogen) atoms. The van der Waals surface area contributed by atoms with Crippen molar-refractivity contribution >= 4 is 11.7 Å². The van der Waals surface area contributed by atoms with Gasteiger partial charge in [0.15, 0.2) is 5.82 Å². The molecule has 6 heteroatoms. The maximum absolute atomic E-state index is 11.0. The molecule has 0 unspecified atom stereocenters. The molecule has 64 valence electrons. The van der Waals surface area contributed by atoms with Crippen molar-refractivity contribution in [2.24, 2.45) is 5.84 Å². The van der Waals surface area contributed by atoms with Gasteiger partial charge in [-0.05, 0) is 0 Å². The van der Waals surface area contributed by atoms with E-state index in [2.05, 4.69) is 20.7 Å². The van der Waals surface area contributed by atoms with Crippen molar-refractivity contribution < 1.29 is 4.79 Å². The lowest BCUT2D eigenvalue weighted by molar-refractivity contribution is 0.0958. The van der Waals surface area contributed by atoms with Crippen LogP contribution in [0.2, 0.25) is 0 Å². The topological polar surface area (TPSA) is 92.9 Å². The minimum absolute atomic E-state index is 0.230. The number of carbonyl (C=O) groups is 1. The first-order chi connectivity index (χ1) is 5.77. The largest absolute Gasteiger partial charge is 0.354 e. The molecular formula is C6H9N5O. The number of rotatable bonds is 2. The van der Waals surface area contributed by atoms with Gasteiger partial charge in [-0.2, -0.15) is 0 Å². The molecule has 0 aliphatic carbocycles. The number of carbonyl (C=O) groups excluding carboxylic acids is 1. The van der Waals surface area contributed by atoms with E-state index in [1.54, 1.807) is 0 Å². The fraction of sp³-hybridized carbons (Fsp3) is 0.167. The van der Waals surface area contributed by atoms with Gasteiger partial charge in [0.05, 0.1) is 12.4 Å². The Hall–Kier alpha value is -1.69. The molecule has 1 heterocycles. The second-order valence-electron chi connectivity index (χ2n) is 2.01. The Morgan fingerprint density at radius 1 is 1.58 bits per heavy atom. The maximum Gasteiger partial charge on any atom is 0.271 e. The molecule has 0 fully saturated rings. The van der Waals surface area contributed by atoms with Crippen LogP contribution < -0.4 is 16.6 Å². The highest BCUT2D eigenvalue weighted by atomic mass is 16.1. The second-order valence-corrected chi connectivity index (χ2v) is 2.01. The quantitative estimate of drug-likeness (QED) is 0.393. The molecule has 0 aliphatic rings. The van der Waals surface area contributed by atoms with Gasteiger partial charge in [-0.1, -0.05) is 0 Å². The van der Waals surface area contributed by atoms with E-state index in [9.17, 15) is 4.79 Å². The Labute approximate surface area is 69.2 Å². The molecule has 0 spiro atoms. The number of anilines is 1. The van der Waals surface area contributed by atoms with Gasteiger partial charge < -0.3 is 10.7 Å². The predicted molar refractivity (Wildman–Crippen MR) is 43.2 cm³/mol. The third kappa shape index (κ3) is 1.67. The van der Waals surface area contributed by atoms with E-state index in [0.29, 0.717) is 5.82 Å². The van der Waals surface area contributed by atoms with Crippen molar-refractivity contribution in [3.63, 3.8) is 0 Å². The van der Waals surface area contributed by atoms with Crippen LogP contribution in [0.4, 0.5) is 5.82 Å². The van der Waals surface area contributed by atoms with E-state index < -0.39 is 0 Å². The molecular weight excluding hydrogens is 158 g/mol. The molecule has 4 N–H and O–H groups in total. The second kappa shape index (κ2) is 3.63. The lowest BCUT2D eigenvalue weighted by Gasteiger charge is -2.00. The van der Waals surface area contributed by atoms with Crippen LogP contribution in [0.1, 0.15) is 10.5 Å². The summed E-state index contributed by atoms with van der Waals surface area (Å²) in [5, 5.41) is 2.42. The van der Waals surface area contributed by atoms with E-state index in [-0.39, 0.29) is 11.6 Å². The van der Waals surface area contributed by atoms with Crippen LogP contribution in [0.3, 0.4) is 0 Å². The van der Waals surface area contributed by atoms with E-state index in [1.807, 2.05) is 0 Å². The number of nitrogens with two attached hydrogens (primary N) is 1. The van der Waals surface area contributed by atoms with Crippen LogP contribution >= 0.6 is 0 Å². The molecule has 0 saturated carbocycles. The molecule has 0 atom stereocenters. The van der Waals surface area contributed by atoms with Crippen molar-refractivity contribution in [1.29, 1.82) is 0 Å². The fourth-order valence-electron chi connectivity index (χ4n) is 0.673. The lowest BCUT2D eigenvalue weighted by Crippen LogP contribution is -2.20. The van der Waals surface area contributed by atoms with Crippen LogP contribution in [-0.4, -0.2) is 22.9 Å². The van der Waals surface area contributed by atoms with Crippen LogP contribution in [-0.2, 0) is 0 Å². The molecule has 1 amide bonds. The maximum atomic E-state index is 11.0. The predicted octanol–water partition coefficient (Wildman–Crippen LogP) is -0.878. The zero-order chi connectivity index (χ0) is 8.97. The standard InChI is InChI=1S/C6H9N5O/c1-8-6(12)4-2-9-3-5(10-4)11-7/h2-3H,7H2,1H3,(H,8,12)(H,10,11). The van der Waals surface area contributed by atoms with E-state index in [4.69, 9.17) is 5.84 Å². The van der Waals surface area contributed by atoms with Crippen molar-refractivity contribution in [2.45, 2.75) is 0 Å². The molecule has 1 aromatic heterocycles. The van der Waals surface area contributed by atoms with Crippen molar-refractivity contribution in [2.75, 3.05) is 12.5 Å². The highest BCUT2D eigenvalue weighted by molar-refractivity contribution is 5.91. The van der Waals surface area contributed by atoms with Gasteiger partial charge >= 0.3 is 0 Å². The normalized spacial score (nSPS) is 9.17. The Morgan fingerprint density at radius 3 is 2.92 bits per heavy atom. The highest BCUT2D eigenvalue weighted by Gasteiger charge is 2.04. The van der Waals surface area contributed by atoms with Crippen molar-refractivity contribution in [3.05, 3.63) is 18.1 Å². The summed E-state index contributed by atoms with van der Waals surface area (Å²) in [6, 6.07) is 0. The number of hydrogen-bond acceptors (Lipinski definition) is 5. The summed E-state index contributed by atoms with van der Waals surface area (Å²) in [6.07, 6.45) is 2.78. The minimum Gasteiger partial charge on any atom is -0.354 e. The van der Waals surface area contributed by atoms with Crippen molar-refractivity contribution in [3.8, 4) is 0 Å². The molecule has 1 aromatic rings. The number of hydrogen-bond donors (Lipinski definition) is 3. The molecule has 6 nitrogen and oxygen atoms in total.